The Labute approximate surface area is 143 Å². The SMILES string of the molecule is CNc1ncc(C#C[Si](C)(C)C)c2cc(NC(=O)C3CC3)ncc12. The first-order valence-corrected chi connectivity index (χ1v) is 11.7. The van der Waals surface area contributed by atoms with E-state index in [2.05, 4.69) is 51.7 Å². The highest BCUT2D eigenvalue weighted by Gasteiger charge is 2.29. The molecule has 24 heavy (non-hydrogen) atoms. The van der Waals surface area contributed by atoms with Gasteiger partial charge in [0.05, 0.1) is 5.56 Å². The third kappa shape index (κ3) is 3.74. The molecule has 2 N–H and O–H groups in total. The maximum atomic E-state index is 12.0. The molecule has 2 heterocycles. The Morgan fingerprint density at radius 3 is 2.58 bits per heavy atom. The van der Waals surface area contributed by atoms with Crippen LogP contribution in [0, 0.1) is 17.4 Å². The molecule has 1 aliphatic carbocycles. The maximum absolute atomic E-state index is 12.0. The fourth-order valence-corrected chi connectivity index (χ4v) is 2.84. The molecule has 0 bridgehead atoms. The van der Waals surface area contributed by atoms with Gasteiger partial charge in [0.25, 0.3) is 0 Å². The number of rotatable bonds is 3. The number of amides is 1. The predicted molar refractivity (Wildman–Crippen MR) is 101 cm³/mol. The van der Waals surface area contributed by atoms with E-state index in [-0.39, 0.29) is 11.8 Å². The lowest BCUT2D eigenvalue weighted by Gasteiger charge is -2.10. The van der Waals surface area contributed by atoms with E-state index in [1.807, 2.05) is 13.1 Å². The Morgan fingerprint density at radius 1 is 1.21 bits per heavy atom. The van der Waals surface area contributed by atoms with Crippen LogP contribution in [-0.2, 0) is 4.79 Å². The summed E-state index contributed by atoms with van der Waals surface area (Å²) in [5.74, 6) is 4.82. The third-order valence-corrected chi connectivity index (χ3v) is 4.66. The van der Waals surface area contributed by atoms with Gasteiger partial charge in [-0.3, -0.25) is 4.79 Å². The van der Waals surface area contributed by atoms with Crippen LogP contribution in [0.2, 0.25) is 19.6 Å². The zero-order chi connectivity index (χ0) is 17.3. The standard InChI is InChI=1S/C18H22N4OSi/c1-19-17-15-11-20-16(22-18(23)12-5-6-12)9-14(15)13(10-21-17)7-8-24(2,3)4/h9-12H,5-6H2,1-4H3,(H,19,21)(H,20,22,23). The van der Waals surface area contributed by atoms with E-state index >= 15 is 0 Å². The molecule has 0 spiro atoms. The van der Waals surface area contributed by atoms with Crippen molar-refractivity contribution in [3.05, 3.63) is 24.0 Å². The Balaban J connectivity index is 2.05. The number of hydrogen-bond donors (Lipinski definition) is 2. The van der Waals surface area contributed by atoms with Gasteiger partial charge in [-0.15, -0.1) is 5.54 Å². The Bertz CT molecular complexity index is 857. The molecule has 3 rings (SSSR count). The van der Waals surface area contributed by atoms with E-state index in [9.17, 15) is 4.79 Å². The van der Waals surface area contributed by atoms with Crippen LogP contribution in [0.4, 0.5) is 11.6 Å². The number of carbonyl (C=O) groups excluding carboxylic acids is 1. The smallest absolute Gasteiger partial charge is 0.228 e. The molecular formula is C18H22N4OSi. The van der Waals surface area contributed by atoms with E-state index in [1.165, 1.54) is 0 Å². The second-order valence-corrected chi connectivity index (χ2v) is 11.9. The molecular weight excluding hydrogens is 316 g/mol. The van der Waals surface area contributed by atoms with Gasteiger partial charge in [-0.25, -0.2) is 9.97 Å². The van der Waals surface area contributed by atoms with Gasteiger partial charge in [0.2, 0.25) is 5.91 Å². The zero-order valence-electron chi connectivity index (χ0n) is 14.5. The van der Waals surface area contributed by atoms with Crippen molar-refractivity contribution < 1.29 is 4.79 Å². The summed E-state index contributed by atoms with van der Waals surface area (Å²) in [5.41, 5.74) is 4.25. The number of nitrogens with zero attached hydrogens (tertiary/aromatic N) is 2. The Kier molecular flexibility index (Phi) is 4.29. The minimum absolute atomic E-state index is 0.0551. The highest BCUT2D eigenvalue weighted by atomic mass is 28.3. The van der Waals surface area contributed by atoms with Gasteiger partial charge >= 0.3 is 0 Å². The zero-order valence-corrected chi connectivity index (χ0v) is 15.5. The number of nitrogens with one attached hydrogen (secondary N) is 2. The molecule has 5 nitrogen and oxygen atoms in total. The van der Waals surface area contributed by atoms with E-state index in [4.69, 9.17) is 0 Å². The van der Waals surface area contributed by atoms with Gasteiger partial charge in [0.15, 0.2) is 0 Å². The molecule has 2 aromatic heterocycles. The molecule has 1 saturated carbocycles. The number of pyridine rings is 2. The lowest BCUT2D eigenvalue weighted by molar-refractivity contribution is -0.117. The summed E-state index contributed by atoms with van der Waals surface area (Å²) in [6, 6.07) is 1.90. The molecule has 124 valence electrons. The van der Waals surface area contributed by atoms with Gasteiger partial charge in [-0.1, -0.05) is 25.6 Å². The molecule has 6 heteroatoms. The van der Waals surface area contributed by atoms with Crippen LogP contribution in [-0.4, -0.2) is 31.0 Å². The van der Waals surface area contributed by atoms with Gasteiger partial charge in [-0.2, -0.15) is 0 Å². The average Bonchev–Trinajstić information content (AvgIpc) is 3.36. The minimum atomic E-state index is -1.49. The van der Waals surface area contributed by atoms with Crippen molar-refractivity contribution in [2.75, 3.05) is 17.7 Å². The summed E-state index contributed by atoms with van der Waals surface area (Å²) >= 11 is 0. The lowest BCUT2D eigenvalue weighted by atomic mass is 10.1. The van der Waals surface area contributed by atoms with Gasteiger partial charge < -0.3 is 10.6 Å². The molecule has 1 amide bonds. The van der Waals surface area contributed by atoms with Crippen LogP contribution >= 0.6 is 0 Å². The summed E-state index contributed by atoms with van der Waals surface area (Å²) in [6.45, 7) is 6.63. The summed E-state index contributed by atoms with van der Waals surface area (Å²) in [4.78, 5) is 20.8. The summed E-state index contributed by atoms with van der Waals surface area (Å²) in [7, 11) is 0.346. The van der Waals surface area contributed by atoms with Gasteiger partial charge in [-0.05, 0) is 18.9 Å². The molecule has 0 aliphatic heterocycles. The van der Waals surface area contributed by atoms with Crippen LogP contribution in [0.5, 0.6) is 0 Å². The summed E-state index contributed by atoms with van der Waals surface area (Å²) in [5, 5.41) is 7.85. The lowest BCUT2D eigenvalue weighted by Crippen LogP contribution is -2.16. The molecule has 1 aliphatic rings. The van der Waals surface area contributed by atoms with Crippen LogP contribution in [0.25, 0.3) is 10.8 Å². The molecule has 0 radical (unpaired) electrons. The fraction of sp³-hybridized carbons (Fsp3) is 0.389. The monoisotopic (exact) mass is 338 g/mol. The second kappa shape index (κ2) is 6.25. The van der Waals surface area contributed by atoms with Crippen LogP contribution in [0.1, 0.15) is 18.4 Å². The molecule has 0 saturated heterocycles. The molecule has 2 aromatic rings. The number of hydrogen-bond acceptors (Lipinski definition) is 4. The van der Waals surface area contributed by atoms with E-state index in [1.54, 1.807) is 12.4 Å². The number of aromatic nitrogens is 2. The topological polar surface area (TPSA) is 66.9 Å². The molecule has 0 unspecified atom stereocenters. The maximum Gasteiger partial charge on any atom is 0.228 e. The van der Waals surface area contributed by atoms with Crippen molar-refractivity contribution in [3.8, 4) is 11.5 Å². The van der Waals surface area contributed by atoms with E-state index < -0.39 is 8.07 Å². The summed E-state index contributed by atoms with van der Waals surface area (Å²) in [6.07, 6.45) is 5.48. The van der Waals surface area contributed by atoms with Crippen molar-refractivity contribution in [2.24, 2.45) is 5.92 Å². The van der Waals surface area contributed by atoms with Crippen molar-refractivity contribution in [1.82, 2.24) is 9.97 Å². The molecule has 1 fully saturated rings. The molecule has 0 atom stereocenters. The first kappa shape index (κ1) is 16.5. The Morgan fingerprint density at radius 2 is 1.96 bits per heavy atom. The van der Waals surface area contributed by atoms with Crippen molar-refractivity contribution in [2.45, 2.75) is 32.5 Å². The largest absolute Gasteiger partial charge is 0.373 e. The number of fused-ring (bicyclic) bond motifs is 1. The quantitative estimate of drug-likeness (QED) is 0.666. The van der Waals surface area contributed by atoms with Crippen LogP contribution < -0.4 is 10.6 Å². The minimum Gasteiger partial charge on any atom is -0.373 e. The van der Waals surface area contributed by atoms with E-state index in [0.717, 1.165) is 35.0 Å². The van der Waals surface area contributed by atoms with Crippen molar-refractivity contribution in [3.63, 3.8) is 0 Å². The highest BCUT2D eigenvalue weighted by Crippen LogP contribution is 2.31. The first-order chi connectivity index (χ1) is 11.4. The normalized spacial score (nSPS) is 14.0. The Hall–Kier alpha value is -2.39. The second-order valence-electron chi connectivity index (χ2n) is 7.15. The van der Waals surface area contributed by atoms with Crippen molar-refractivity contribution in [1.29, 1.82) is 0 Å². The summed E-state index contributed by atoms with van der Waals surface area (Å²) < 4.78 is 0. The predicted octanol–water partition coefficient (Wildman–Crippen LogP) is 3.25. The van der Waals surface area contributed by atoms with E-state index in [0.29, 0.717) is 5.82 Å². The van der Waals surface area contributed by atoms with Gasteiger partial charge in [0, 0.05) is 36.1 Å². The highest BCUT2D eigenvalue weighted by molar-refractivity contribution is 6.83. The van der Waals surface area contributed by atoms with Crippen molar-refractivity contribution >= 4 is 36.4 Å². The van der Waals surface area contributed by atoms with Crippen LogP contribution in [0.3, 0.4) is 0 Å². The van der Waals surface area contributed by atoms with Crippen LogP contribution in [0.15, 0.2) is 18.5 Å². The third-order valence-electron chi connectivity index (χ3n) is 3.78. The number of carbonyl (C=O) groups is 1. The first-order valence-electron chi connectivity index (χ1n) is 8.18. The fourth-order valence-electron chi connectivity index (χ4n) is 2.33. The average molecular weight is 338 g/mol. The number of anilines is 2. The van der Waals surface area contributed by atoms with Gasteiger partial charge in [0.1, 0.15) is 19.7 Å². The molecule has 0 aromatic carbocycles.